The molecule has 6 heteroatoms. The molecule has 2 saturated heterocycles. The average molecular weight is 327 g/mol. The van der Waals surface area contributed by atoms with Gasteiger partial charge in [0.15, 0.2) is 5.82 Å². The molecular weight excluding hydrogens is 309 g/mol. The van der Waals surface area contributed by atoms with Crippen LogP contribution in [0.25, 0.3) is 0 Å². The summed E-state index contributed by atoms with van der Waals surface area (Å²) in [4.78, 5) is 22.3. The second-order valence-electron chi connectivity index (χ2n) is 6.35. The number of rotatable bonds is 3. The molecule has 2 aromatic rings. The Balaban J connectivity index is 1.49. The van der Waals surface area contributed by atoms with Gasteiger partial charge in [-0.2, -0.15) is 0 Å². The largest absolute Gasteiger partial charge is 0.490 e. The number of nitrogens with zero attached hydrogens (tertiary/aromatic N) is 3. The van der Waals surface area contributed by atoms with Crippen molar-refractivity contribution in [2.45, 2.75) is 43.9 Å². The van der Waals surface area contributed by atoms with Crippen molar-refractivity contribution in [1.29, 1.82) is 0 Å². The summed E-state index contributed by atoms with van der Waals surface area (Å²) in [5, 5.41) is 0. The molecule has 0 aliphatic carbocycles. The van der Waals surface area contributed by atoms with Gasteiger partial charge in [0.25, 0.3) is 5.91 Å². The number of aromatic nitrogens is 2. The molecule has 24 heavy (non-hydrogen) atoms. The van der Waals surface area contributed by atoms with E-state index in [-0.39, 0.29) is 29.7 Å². The first-order valence-electron chi connectivity index (χ1n) is 8.21. The van der Waals surface area contributed by atoms with Gasteiger partial charge in [-0.1, -0.05) is 0 Å². The maximum atomic E-state index is 13.9. The highest BCUT2D eigenvalue weighted by Gasteiger charge is 2.44. The molecule has 1 amide bonds. The molecule has 2 aromatic heterocycles. The molecule has 0 N–H and O–H groups in total. The van der Waals surface area contributed by atoms with Gasteiger partial charge in [0, 0.05) is 43.5 Å². The molecule has 2 aliphatic heterocycles. The maximum Gasteiger partial charge on any atom is 0.257 e. The van der Waals surface area contributed by atoms with Gasteiger partial charge < -0.3 is 9.64 Å². The predicted octanol–water partition coefficient (Wildman–Crippen LogP) is 2.83. The molecule has 124 valence electrons. The van der Waals surface area contributed by atoms with Crippen LogP contribution in [0.4, 0.5) is 4.39 Å². The number of carbonyl (C=O) groups excluding carboxylic acids is 1. The Morgan fingerprint density at radius 1 is 1.08 bits per heavy atom. The van der Waals surface area contributed by atoms with Crippen LogP contribution in [0.1, 0.15) is 36.0 Å². The lowest BCUT2D eigenvalue weighted by Gasteiger charge is -2.39. The number of amides is 1. The summed E-state index contributed by atoms with van der Waals surface area (Å²) in [5.74, 6) is 0.0103. The van der Waals surface area contributed by atoms with Crippen LogP contribution in [-0.2, 0) is 0 Å². The van der Waals surface area contributed by atoms with Crippen molar-refractivity contribution in [2.24, 2.45) is 0 Å². The van der Waals surface area contributed by atoms with Gasteiger partial charge in [-0.25, -0.2) is 4.39 Å². The van der Waals surface area contributed by atoms with Gasteiger partial charge in [-0.05, 0) is 31.0 Å². The highest BCUT2D eigenvalue weighted by molar-refractivity contribution is 5.95. The van der Waals surface area contributed by atoms with E-state index in [1.165, 1.54) is 12.3 Å². The monoisotopic (exact) mass is 327 g/mol. The third kappa shape index (κ3) is 2.72. The van der Waals surface area contributed by atoms with E-state index in [4.69, 9.17) is 4.74 Å². The first kappa shape index (κ1) is 15.1. The average Bonchev–Trinajstić information content (AvgIpc) is 2.86. The highest BCUT2D eigenvalue weighted by Crippen LogP contribution is 2.38. The minimum atomic E-state index is -0.558. The fourth-order valence-corrected chi connectivity index (χ4v) is 3.85. The van der Waals surface area contributed by atoms with Crippen LogP contribution in [-0.4, -0.2) is 39.0 Å². The van der Waals surface area contributed by atoms with Crippen LogP contribution in [0.5, 0.6) is 5.75 Å². The molecular formula is C18H18FN3O2. The van der Waals surface area contributed by atoms with E-state index in [0.717, 1.165) is 37.6 Å². The van der Waals surface area contributed by atoms with Crippen LogP contribution in [0, 0.1) is 5.82 Å². The molecule has 4 heterocycles. The van der Waals surface area contributed by atoms with Gasteiger partial charge >= 0.3 is 0 Å². The Kier molecular flexibility index (Phi) is 3.88. The van der Waals surface area contributed by atoms with E-state index in [1.807, 2.05) is 17.0 Å². The van der Waals surface area contributed by atoms with Crippen molar-refractivity contribution in [3.8, 4) is 5.75 Å². The lowest BCUT2D eigenvalue weighted by Crippen LogP contribution is -2.49. The lowest BCUT2D eigenvalue weighted by molar-refractivity contribution is 0.0355. The number of hydrogen-bond donors (Lipinski definition) is 0. The van der Waals surface area contributed by atoms with E-state index in [9.17, 15) is 9.18 Å². The summed E-state index contributed by atoms with van der Waals surface area (Å²) in [6.45, 7) is 0. The number of fused-ring (bicyclic) bond motifs is 2. The second kappa shape index (κ2) is 6.19. The highest BCUT2D eigenvalue weighted by atomic mass is 19.1. The minimum absolute atomic E-state index is 0.0798. The first-order chi connectivity index (χ1) is 11.7. The fraction of sp³-hybridized carbons (Fsp3) is 0.389. The third-order valence-electron chi connectivity index (χ3n) is 4.88. The van der Waals surface area contributed by atoms with Crippen molar-refractivity contribution in [3.05, 3.63) is 54.4 Å². The molecule has 0 spiro atoms. The van der Waals surface area contributed by atoms with Gasteiger partial charge in [0.2, 0.25) is 0 Å². The zero-order chi connectivity index (χ0) is 16.5. The Labute approximate surface area is 139 Å². The molecule has 2 bridgehead atoms. The third-order valence-corrected chi connectivity index (χ3v) is 4.88. The number of halogens is 1. The Bertz CT molecular complexity index is 726. The minimum Gasteiger partial charge on any atom is -0.490 e. The summed E-state index contributed by atoms with van der Waals surface area (Å²) in [6, 6.07) is 5.35. The summed E-state index contributed by atoms with van der Waals surface area (Å²) >= 11 is 0. The van der Waals surface area contributed by atoms with Crippen LogP contribution in [0.15, 0.2) is 43.0 Å². The lowest BCUT2D eigenvalue weighted by atomic mass is 9.98. The SMILES string of the molecule is O=C(c1ccncc1F)N1[C@H]2CC[C@H]1CC(Oc1ccncc1)C2. The van der Waals surface area contributed by atoms with E-state index in [0.29, 0.717) is 0 Å². The Morgan fingerprint density at radius 2 is 1.75 bits per heavy atom. The van der Waals surface area contributed by atoms with E-state index >= 15 is 0 Å². The van der Waals surface area contributed by atoms with Crippen molar-refractivity contribution in [3.63, 3.8) is 0 Å². The van der Waals surface area contributed by atoms with Crippen LogP contribution < -0.4 is 4.74 Å². The maximum absolute atomic E-state index is 13.9. The van der Waals surface area contributed by atoms with Crippen molar-refractivity contribution in [1.82, 2.24) is 14.9 Å². The molecule has 4 rings (SSSR count). The van der Waals surface area contributed by atoms with Crippen LogP contribution in [0.2, 0.25) is 0 Å². The number of piperidine rings is 1. The number of carbonyl (C=O) groups is 1. The normalized spacial score (nSPS) is 25.5. The van der Waals surface area contributed by atoms with Gasteiger partial charge in [0.05, 0.1) is 11.8 Å². The first-order valence-corrected chi connectivity index (χ1v) is 8.21. The fourth-order valence-electron chi connectivity index (χ4n) is 3.85. The quantitative estimate of drug-likeness (QED) is 0.870. The predicted molar refractivity (Wildman–Crippen MR) is 85.1 cm³/mol. The topological polar surface area (TPSA) is 55.3 Å². The van der Waals surface area contributed by atoms with Crippen molar-refractivity contribution < 1.29 is 13.9 Å². The number of ether oxygens (including phenoxy) is 1. The van der Waals surface area contributed by atoms with E-state index < -0.39 is 5.82 Å². The smallest absolute Gasteiger partial charge is 0.257 e. The molecule has 0 saturated carbocycles. The summed E-state index contributed by atoms with van der Waals surface area (Å²) in [6.07, 6.45) is 9.47. The molecule has 2 fully saturated rings. The summed E-state index contributed by atoms with van der Waals surface area (Å²) in [5.41, 5.74) is 0.107. The molecule has 2 aliphatic rings. The van der Waals surface area contributed by atoms with E-state index in [1.54, 1.807) is 12.4 Å². The van der Waals surface area contributed by atoms with E-state index in [2.05, 4.69) is 9.97 Å². The van der Waals surface area contributed by atoms with Gasteiger partial charge in [-0.3, -0.25) is 14.8 Å². The number of hydrogen-bond acceptors (Lipinski definition) is 4. The van der Waals surface area contributed by atoms with Crippen molar-refractivity contribution in [2.75, 3.05) is 0 Å². The molecule has 0 aromatic carbocycles. The number of pyridine rings is 2. The molecule has 2 atom stereocenters. The standard InChI is InChI=1S/C18H18FN3O2/c19-17-11-21-8-5-16(17)18(23)22-12-1-2-13(22)10-15(9-12)24-14-3-6-20-7-4-14/h3-8,11-13,15H,1-2,9-10H2/t12-,13-/m0/s1. The van der Waals surface area contributed by atoms with Gasteiger partial charge in [0.1, 0.15) is 11.9 Å². The Morgan fingerprint density at radius 3 is 2.42 bits per heavy atom. The van der Waals surface area contributed by atoms with Gasteiger partial charge in [-0.15, -0.1) is 0 Å². The molecule has 5 nitrogen and oxygen atoms in total. The second-order valence-corrected chi connectivity index (χ2v) is 6.35. The van der Waals surface area contributed by atoms with Crippen LogP contribution in [0.3, 0.4) is 0 Å². The summed E-state index contributed by atoms with van der Waals surface area (Å²) < 4.78 is 19.9. The Hall–Kier alpha value is -2.50. The zero-order valence-electron chi connectivity index (χ0n) is 13.1. The molecule has 0 unspecified atom stereocenters. The summed E-state index contributed by atoms with van der Waals surface area (Å²) in [7, 11) is 0. The van der Waals surface area contributed by atoms with Crippen molar-refractivity contribution >= 4 is 5.91 Å². The van der Waals surface area contributed by atoms with Crippen LogP contribution >= 0.6 is 0 Å². The molecule has 0 radical (unpaired) electrons. The zero-order valence-corrected chi connectivity index (χ0v) is 13.1.